The quantitative estimate of drug-likeness (QED) is 0.402. The third-order valence-corrected chi connectivity index (χ3v) is 6.40. The van der Waals surface area contributed by atoms with Gasteiger partial charge >= 0.3 is 0 Å². The Morgan fingerprint density at radius 2 is 1.92 bits per heavy atom. The summed E-state index contributed by atoms with van der Waals surface area (Å²) < 4.78 is 2.67. The van der Waals surface area contributed by atoms with E-state index in [9.17, 15) is 0 Å². The lowest BCUT2D eigenvalue weighted by Gasteiger charge is -2.04. The molecule has 1 aromatic carbocycles. The van der Waals surface area contributed by atoms with Crippen molar-refractivity contribution in [2.75, 3.05) is 0 Å². The molecule has 0 fully saturated rings. The summed E-state index contributed by atoms with van der Waals surface area (Å²) in [6.45, 7) is 5.95. The van der Waals surface area contributed by atoms with E-state index in [1.54, 1.807) is 35.2 Å². The van der Waals surface area contributed by atoms with Crippen LogP contribution in [0.15, 0.2) is 66.4 Å². The molecule has 5 heteroatoms. The Bertz CT molecular complexity index is 1050. The van der Waals surface area contributed by atoms with Gasteiger partial charge in [0.15, 0.2) is 0 Å². The van der Waals surface area contributed by atoms with Crippen molar-refractivity contribution in [3.05, 3.63) is 72.0 Å². The molecule has 0 atom stereocenters. The molecule has 0 saturated carbocycles. The van der Waals surface area contributed by atoms with Crippen LogP contribution in [0.25, 0.3) is 37.5 Å². The van der Waals surface area contributed by atoms with Gasteiger partial charge in [0.1, 0.15) is 0 Å². The number of nitrogens with one attached hydrogen (secondary N) is 2. The number of aromatic amines is 1. The van der Waals surface area contributed by atoms with E-state index in [2.05, 4.69) is 69.9 Å². The molecule has 0 unspecified atom stereocenters. The fourth-order valence-electron chi connectivity index (χ4n) is 3.01. The Labute approximate surface area is 160 Å². The van der Waals surface area contributed by atoms with Crippen LogP contribution in [0.4, 0.5) is 0 Å². The van der Waals surface area contributed by atoms with Crippen molar-refractivity contribution >= 4 is 37.8 Å². The molecule has 3 nitrogen and oxygen atoms in total. The minimum absolute atomic E-state index is 0.987. The van der Waals surface area contributed by atoms with E-state index in [4.69, 9.17) is 0 Å². The number of hydrogen-bond acceptors (Lipinski definition) is 4. The van der Waals surface area contributed by atoms with Crippen molar-refractivity contribution in [1.29, 1.82) is 0 Å². The van der Waals surface area contributed by atoms with Crippen LogP contribution in [-0.2, 0) is 0 Å². The van der Waals surface area contributed by atoms with Crippen molar-refractivity contribution in [2.45, 2.75) is 13.3 Å². The maximum atomic E-state index is 4.09. The van der Waals surface area contributed by atoms with Crippen LogP contribution < -0.4 is 5.32 Å². The Kier molecular flexibility index (Phi) is 4.73. The second-order valence-corrected chi connectivity index (χ2v) is 7.63. The highest BCUT2D eigenvalue weighted by atomic mass is 32.1. The van der Waals surface area contributed by atoms with Gasteiger partial charge in [0.05, 0.1) is 27.6 Å². The van der Waals surface area contributed by atoms with E-state index in [1.165, 1.54) is 26.1 Å². The number of benzene rings is 1. The average molecular weight is 378 g/mol. The Balaban J connectivity index is 1.72. The molecule has 26 heavy (non-hydrogen) atoms. The van der Waals surface area contributed by atoms with Crippen molar-refractivity contribution in [3.63, 3.8) is 0 Å². The van der Waals surface area contributed by atoms with Gasteiger partial charge in [0.2, 0.25) is 0 Å². The van der Waals surface area contributed by atoms with Gasteiger partial charge in [-0.25, -0.2) is 4.98 Å². The number of aromatic nitrogens is 2. The highest BCUT2D eigenvalue weighted by Gasteiger charge is 2.14. The lowest BCUT2D eigenvalue weighted by atomic mass is 10.0. The summed E-state index contributed by atoms with van der Waals surface area (Å²) in [5.41, 5.74) is 7.12. The number of imidazole rings is 1. The van der Waals surface area contributed by atoms with E-state index in [-0.39, 0.29) is 0 Å². The first-order chi connectivity index (χ1) is 12.8. The first kappa shape index (κ1) is 16.8. The van der Waals surface area contributed by atoms with Gasteiger partial charge in [-0.1, -0.05) is 43.8 Å². The molecule has 0 saturated heterocycles. The van der Waals surface area contributed by atoms with Crippen molar-refractivity contribution in [3.8, 4) is 22.4 Å². The summed E-state index contributed by atoms with van der Waals surface area (Å²) in [5.74, 6) is 0. The molecule has 130 valence electrons. The first-order valence-corrected chi connectivity index (χ1v) is 10.2. The molecule has 0 aliphatic carbocycles. The van der Waals surface area contributed by atoms with Crippen molar-refractivity contribution < 1.29 is 0 Å². The summed E-state index contributed by atoms with van der Waals surface area (Å²) in [4.78, 5) is 7.24. The van der Waals surface area contributed by atoms with E-state index in [1.807, 2.05) is 6.20 Å². The second kappa shape index (κ2) is 7.32. The number of nitrogens with zero attached hydrogens (tertiary/aromatic N) is 1. The van der Waals surface area contributed by atoms with E-state index < -0.39 is 0 Å². The van der Waals surface area contributed by atoms with Crippen LogP contribution in [0.1, 0.15) is 18.9 Å². The highest BCUT2D eigenvalue weighted by Crippen LogP contribution is 2.42. The number of rotatable bonds is 6. The van der Waals surface area contributed by atoms with Crippen LogP contribution in [-0.4, -0.2) is 9.97 Å². The summed E-state index contributed by atoms with van der Waals surface area (Å²) in [5, 5.41) is 7.77. The zero-order valence-electron chi connectivity index (χ0n) is 14.5. The molecule has 0 spiro atoms. The number of thiophene rings is 2. The largest absolute Gasteiger partial charge is 0.362 e. The summed E-state index contributed by atoms with van der Waals surface area (Å²) >= 11 is 3.61. The second-order valence-electron chi connectivity index (χ2n) is 5.87. The predicted octanol–water partition coefficient (Wildman–Crippen LogP) is 6.50. The fraction of sp³-hybridized carbons (Fsp3) is 0.0952. The van der Waals surface area contributed by atoms with E-state index in [0.717, 1.165) is 23.4 Å². The molecular weight excluding hydrogens is 358 g/mol. The van der Waals surface area contributed by atoms with Crippen molar-refractivity contribution in [2.24, 2.45) is 0 Å². The van der Waals surface area contributed by atoms with Crippen LogP contribution >= 0.6 is 22.7 Å². The number of hydrogen-bond donors (Lipinski definition) is 2. The van der Waals surface area contributed by atoms with Gasteiger partial charge < -0.3 is 10.3 Å². The Morgan fingerprint density at radius 3 is 2.62 bits per heavy atom. The van der Waals surface area contributed by atoms with Crippen LogP contribution in [0.3, 0.4) is 0 Å². The Hall–Kier alpha value is -2.63. The van der Waals surface area contributed by atoms with Gasteiger partial charge in [0.25, 0.3) is 0 Å². The molecular formula is C21H19N3S2. The van der Waals surface area contributed by atoms with Crippen LogP contribution in [0.2, 0.25) is 0 Å². The average Bonchev–Trinajstić information content (AvgIpc) is 3.39. The normalized spacial score (nSPS) is 11.8. The summed E-state index contributed by atoms with van der Waals surface area (Å²) in [7, 11) is 0. The third-order valence-electron chi connectivity index (χ3n) is 4.25. The van der Waals surface area contributed by atoms with E-state index in [0.29, 0.717) is 0 Å². The maximum absolute atomic E-state index is 4.09. The minimum atomic E-state index is 0.987. The maximum Gasteiger partial charge on any atom is 0.0924 e. The smallest absolute Gasteiger partial charge is 0.0924 e. The lowest BCUT2D eigenvalue weighted by Crippen LogP contribution is -2.01. The number of allylic oxidation sites excluding steroid dienone is 1. The monoisotopic (exact) mass is 377 g/mol. The number of fused-ring (bicyclic) bond motifs is 1. The molecule has 3 aromatic heterocycles. The fourth-order valence-corrected chi connectivity index (χ4v) is 5.45. The lowest BCUT2D eigenvalue weighted by molar-refractivity contribution is 1.16. The molecule has 2 N–H and O–H groups in total. The predicted molar refractivity (Wildman–Crippen MR) is 114 cm³/mol. The zero-order chi connectivity index (χ0) is 17.9. The first-order valence-electron chi connectivity index (χ1n) is 8.47. The SMILES string of the molecule is C=CN/C(=C\CC)c1csc2c(-c3ccc(-c4cnc[nH]4)cc3)csc12. The Morgan fingerprint density at radius 1 is 1.15 bits per heavy atom. The van der Waals surface area contributed by atoms with Gasteiger partial charge in [-0.3, -0.25) is 0 Å². The molecule has 3 heterocycles. The molecule has 0 bridgehead atoms. The third kappa shape index (κ3) is 3.00. The minimum Gasteiger partial charge on any atom is -0.362 e. The van der Waals surface area contributed by atoms with Crippen LogP contribution in [0.5, 0.6) is 0 Å². The molecule has 0 aliphatic heterocycles. The number of H-pyrrole nitrogens is 1. The van der Waals surface area contributed by atoms with Gasteiger partial charge in [-0.2, -0.15) is 0 Å². The summed E-state index contributed by atoms with van der Waals surface area (Å²) in [6.07, 6.45) is 8.49. The standard InChI is InChI=1S/C21H19N3S2/c1-3-5-18(23-4-2)17-12-26-20-16(11-25-21(17)20)14-6-8-15(9-7-14)19-10-22-13-24-19/h4-13,23H,2-3H2,1H3,(H,22,24)/b18-5-. The molecule has 0 amide bonds. The van der Waals surface area contributed by atoms with Gasteiger partial charge in [-0.05, 0) is 23.7 Å². The summed E-state index contributed by atoms with van der Waals surface area (Å²) in [6, 6.07) is 8.65. The van der Waals surface area contributed by atoms with E-state index >= 15 is 0 Å². The van der Waals surface area contributed by atoms with Crippen LogP contribution in [0, 0.1) is 0 Å². The molecule has 0 aliphatic rings. The highest BCUT2D eigenvalue weighted by molar-refractivity contribution is 7.27. The van der Waals surface area contributed by atoms with Gasteiger partial charge in [-0.15, -0.1) is 22.7 Å². The van der Waals surface area contributed by atoms with Gasteiger partial charge in [0, 0.05) is 27.6 Å². The van der Waals surface area contributed by atoms with Crippen molar-refractivity contribution in [1.82, 2.24) is 15.3 Å². The zero-order valence-corrected chi connectivity index (χ0v) is 16.1. The molecule has 4 aromatic rings. The molecule has 0 radical (unpaired) electrons. The topological polar surface area (TPSA) is 40.7 Å². The molecule has 4 rings (SSSR count).